The summed E-state index contributed by atoms with van der Waals surface area (Å²) >= 11 is 3.46. The molecule has 0 spiro atoms. The lowest BCUT2D eigenvalue weighted by molar-refractivity contribution is 1.32. The summed E-state index contributed by atoms with van der Waals surface area (Å²) in [6.07, 6.45) is 4.11. The molecule has 0 aliphatic heterocycles. The van der Waals surface area contributed by atoms with Gasteiger partial charge in [0.25, 0.3) is 0 Å². The van der Waals surface area contributed by atoms with Gasteiger partial charge in [0.1, 0.15) is 0 Å². The molecule has 0 saturated heterocycles. The van der Waals surface area contributed by atoms with Crippen LogP contribution in [0.5, 0.6) is 0 Å². The van der Waals surface area contributed by atoms with Gasteiger partial charge in [0.15, 0.2) is 0 Å². The quantitative estimate of drug-likeness (QED) is 0.778. The first-order valence-corrected chi connectivity index (χ1v) is 4.73. The van der Waals surface area contributed by atoms with E-state index in [1.807, 2.05) is 37.3 Å². The second-order valence-electron chi connectivity index (χ2n) is 2.43. The molecule has 0 atom stereocenters. The fourth-order valence-corrected chi connectivity index (χ4v) is 1.32. The van der Waals surface area contributed by atoms with Crippen LogP contribution in [0.15, 0.2) is 40.9 Å². The largest absolute Gasteiger partial charge is 0.381 e. The summed E-state index contributed by atoms with van der Waals surface area (Å²) in [6.45, 7) is 2.89. The number of benzene rings is 1. The summed E-state index contributed by atoms with van der Waals surface area (Å²) in [5.41, 5.74) is 1.13. The number of para-hydroxylation sites is 1. The van der Waals surface area contributed by atoms with Gasteiger partial charge in [-0.2, -0.15) is 0 Å². The third-order valence-corrected chi connectivity index (χ3v) is 2.21. The van der Waals surface area contributed by atoms with Crippen molar-refractivity contribution in [3.63, 3.8) is 0 Å². The molecule has 1 aromatic carbocycles. The van der Waals surface area contributed by atoms with Crippen LogP contribution in [0.25, 0.3) is 0 Å². The number of anilines is 1. The SMILES string of the molecule is C/C=C/CNc1ccccc1Br. The number of hydrogen-bond donors (Lipinski definition) is 1. The minimum absolute atomic E-state index is 0.874. The summed E-state index contributed by atoms with van der Waals surface area (Å²) in [5, 5.41) is 3.28. The summed E-state index contributed by atoms with van der Waals surface area (Å²) in [7, 11) is 0. The van der Waals surface area contributed by atoms with Crippen molar-refractivity contribution in [3.8, 4) is 0 Å². The van der Waals surface area contributed by atoms with E-state index in [-0.39, 0.29) is 0 Å². The molecule has 0 saturated carbocycles. The van der Waals surface area contributed by atoms with Crippen LogP contribution < -0.4 is 5.32 Å². The van der Waals surface area contributed by atoms with Crippen molar-refractivity contribution in [1.29, 1.82) is 0 Å². The molecular weight excluding hydrogens is 214 g/mol. The maximum absolute atomic E-state index is 3.46. The second kappa shape index (κ2) is 4.99. The lowest BCUT2D eigenvalue weighted by Crippen LogP contribution is -1.97. The number of nitrogens with one attached hydrogen (secondary N) is 1. The maximum Gasteiger partial charge on any atom is 0.0487 e. The maximum atomic E-state index is 3.46. The highest BCUT2D eigenvalue weighted by Gasteiger charge is 1.93. The highest BCUT2D eigenvalue weighted by Crippen LogP contribution is 2.20. The monoisotopic (exact) mass is 225 g/mol. The molecule has 0 aromatic heterocycles. The molecule has 64 valence electrons. The molecule has 0 unspecified atom stereocenters. The molecule has 1 rings (SSSR count). The Kier molecular flexibility index (Phi) is 3.88. The van der Waals surface area contributed by atoms with Crippen LogP contribution >= 0.6 is 15.9 Å². The molecule has 1 nitrogen and oxygen atoms in total. The van der Waals surface area contributed by atoms with Gasteiger partial charge in [-0.15, -0.1) is 0 Å². The Labute approximate surface area is 81.6 Å². The van der Waals surface area contributed by atoms with E-state index in [0.29, 0.717) is 0 Å². The summed E-state index contributed by atoms with van der Waals surface area (Å²) < 4.78 is 1.11. The topological polar surface area (TPSA) is 12.0 Å². The highest BCUT2D eigenvalue weighted by atomic mass is 79.9. The minimum Gasteiger partial charge on any atom is -0.381 e. The number of halogens is 1. The van der Waals surface area contributed by atoms with Crippen LogP contribution in [-0.4, -0.2) is 6.54 Å². The zero-order valence-corrected chi connectivity index (χ0v) is 8.64. The molecule has 0 bridgehead atoms. The van der Waals surface area contributed by atoms with E-state index in [2.05, 4.69) is 27.3 Å². The standard InChI is InChI=1S/C10H12BrN/c1-2-3-8-12-10-7-5-4-6-9(10)11/h2-7,12H,8H2,1H3/b3-2+. The van der Waals surface area contributed by atoms with Crippen molar-refractivity contribution in [3.05, 3.63) is 40.9 Å². The summed E-state index contributed by atoms with van der Waals surface area (Å²) in [6, 6.07) is 8.10. The van der Waals surface area contributed by atoms with Crippen molar-refractivity contribution in [2.75, 3.05) is 11.9 Å². The van der Waals surface area contributed by atoms with Crippen molar-refractivity contribution < 1.29 is 0 Å². The average Bonchev–Trinajstić information content (AvgIpc) is 2.09. The molecule has 0 radical (unpaired) electrons. The summed E-state index contributed by atoms with van der Waals surface area (Å²) in [4.78, 5) is 0. The van der Waals surface area contributed by atoms with Crippen LogP contribution in [0.4, 0.5) is 5.69 Å². The van der Waals surface area contributed by atoms with Crippen LogP contribution in [-0.2, 0) is 0 Å². The van der Waals surface area contributed by atoms with Gasteiger partial charge in [-0.25, -0.2) is 0 Å². The van der Waals surface area contributed by atoms with Gasteiger partial charge in [-0.05, 0) is 35.0 Å². The van der Waals surface area contributed by atoms with E-state index in [0.717, 1.165) is 16.7 Å². The first-order chi connectivity index (χ1) is 5.84. The third-order valence-electron chi connectivity index (χ3n) is 1.52. The first-order valence-electron chi connectivity index (χ1n) is 3.94. The lowest BCUT2D eigenvalue weighted by Gasteiger charge is -2.04. The van der Waals surface area contributed by atoms with Gasteiger partial charge >= 0.3 is 0 Å². The van der Waals surface area contributed by atoms with Gasteiger partial charge in [0.2, 0.25) is 0 Å². The van der Waals surface area contributed by atoms with E-state index in [1.165, 1.54) is 0 Å². The number of hydrogen-bond acceptors (Lipinski definition) is 1. The predicted molar refractivity (Wildman–Crippen MR) is 57.4 cm³/mol. The number of rotatable bonds is 3. The van der Waals surface area contributed by atoms with Gasteiger partial charge < -0.3 is 5.32 Å². The van der Waals surface area contributed by atoms with E-state index in [4.69, 9.17) is 0 Å². The Morgan fingerprint density at radius 3 is 2.83 bits per heavy atom. The molecule has 1 N–H and O–H groups in total. The smallest absolute Gasteiger partial charge is 0.0487 e. The molecule has 1 aromatic rings. The Hall–Kier alpha value is -0.760. The van der Waals surface area contributed by atoms with Crippen molar-refractivity contribution in [2.45, 2.75) is 6.92 Å². The van der Waals surface area contributed by atoms with Gasteiger partial charge in [0.05, 0.1) is 0 Å². The second-order valence-corrected chi connectivity index (χ2v) is 3.28. The molecule has 0 amide bonds. The van der Waals surface area contributed by atoms with Crippen molar-refractivity contribution >= 4 is 21.6 Å². The zero-order valence-electron chi connectivity index (χ0n) is 7.05. The van der Waals surface area contributed by atoms with Crippen LogP contribution in [0, 0.1) is 0 Å². The Balaban J connectivity index is 2.57. The van der Waals surface area contributed by atoms with Crippen molar-refractivity contribution in [2.24, 2.45) is 0 Å². The van der Waals surface area contributed by atoms with Crippen molar-refractivity contribution in [1.82, 2.24) is 0 Å². The third kappa shape index (κ3) is 2.70. The molecule has 0 aliphatic carbocycles. The Bertz CT molecular complexity index is 268. The van der Waals surface area contributed by atoms with E-state index >= 15 is 0 Å². The Morgan fingerprint density at radius 2 is 2.17 bits per heavy atom. The molecule has 2 heteroatoms. The van der Waals surface area contributed by atoms with Gasteiger partial charge in [0, 0.05) is 16.7 Å². The predicted octanol–water partition coefficient (Wildman–Crippen LogP) is 3.44. The van der Waals surface area contributed by atoms with Crippen LogP contribution in [0.2, 0.25) is 0 Å². The molecule has 0 fully saturated rings. The molecule has 0 aliphatic rings. The normalized spacial score (nSPS) is 10.5. The van der Waals surface area contributed by atoms with E-state index in [9.17, 15) is 0 Å². The van der Waals surface area contributed by atoms with E-state index in [1.54, 1.807) is 0 Å². The Morgan fingerprint density at radius 1 is 1.42 bits per heavy atom. The first kappa shape index (κ1) is 9.33. The average molecular weight is 226 g/mol. The van der Waals surface area contributed by atoms with E-state index < -0.39 is 0 Å². The van der Waals surface area contributed by atoms with Gasteiger partial charge in [-0.1, -0.05) is 24.3 Å². The minimum atomic E-state index is 0.874. The number of allylic oxidation sites excluding steroid dienone is 1. The highest BCUT2D eigenvalue weighted by molar-refractivity contribution is 9.10. The van der Waals surface area contributed by atoms with Gasteiger partial charge in [-0.3, -0.25) is 0 Å². The summed E-state index contributed by atoms with van der Waals surface area (Å²) in [5.74, 6) is 0. The van der Waals surface area contributed by atoms with Crippen LogP contribution in [0.1, 0.15) is 6.92 Å². The molecule has 0 heterocycles. The fraction of sp³-hybridized carbons (Fsp3) is 0.200. The zero-order chi connectivity index (χ0) is 8.81. The molecular formula is C10H12BrN. The van der Waals surface area contributed by atoms with Crippen LogP contribution in [0.3, 0.4) is 0 Å². The fourth-order valence-electron chi connectivity index (χ4n) is 0.891. The molecule has 12 heavy (non-hydrogen) atoms. The lowest BCUT2D eigenvalue weighted by atomic mass is 10.3.